The fourth-order valence-electron chi connectivity index (χ4n) is 3.04. The predicted octanol–water partition coefficient (Wildman–Crippen LogP) is 3.59. The van der Waals surface area contributed by atoms with Gasteiger partial charge in [0.2, 0.25) is 0 Å². The Balaban J connectivity index is 2.18. The maximum Gasteiger partial charge on any atom is 0.167 e. The molecule has 2 aromatic heterocycles. The average Bonchev–Trinajstić information content (AvgIpc) is 2.89. The number of para-hydroxylation sites is 3. The molecule has 0 amide bonds. The van der Waals surface area contributed by atoms with Crippen LogP contribution in [0.25, 0.3) is 27.9 Å². The van der Waals surface area contributed by atoms with Gasteiger partial charge in [0, 0.05) is 0 Å². The van der Waals surface area contributed by atoms with Crippen LogP contribution in [0.5, 0.6) is 0 Å². The molecule has 0 fully saturated rings. The van der Waals surface area contributed by atoms with Gasteiger partial charge in [-0.05, 0) is 30.2 Å². The fraction of sp³-hybridized carbons (Fsp3) is 0.105. The van der Waals surface area contributed by atoms with Crippen molar-refractivity contribution in [3.63, 3.8) is 0 Å². The predicted molar refractivity (Wildman–Crippen MR) is 94.9 cm³/mol. The number of aromatic nitrogens is 3. The lowest BCUT2D eigenvalue weighted by Crippen LogP contribution is -2.04. The molecule has 0 saturated heterocycles. The summed E-state index contributed by atoms with van der Waals surface area (Å²) in [6, 6.07) is 17.8. The van der Waals surface area contributed by atoms with E-state index < -0.39 is 0 Å². The highest BCUT2D eigenvalue weighted by Crippen LogP contribution is 2.31. The normalized spacial score (nSPS) is 11.0. The Bertz CT molecular complexity index is 1120. The Morgan fingerprint density at radius 1 is 1.04 bits per heavy atom. The molecule has 4 aromatic rings. The molecular formula is C19H15N5. The first-order valence-corrected chi connectivity index (χ1v) is 7.79. The van der Waals surface area contributed by atoms with Gasteiger partial charge in [-0.1, -0.05) is 37.3 Å². The molecule has 5 nitrogen and oxygen atoms in total. The zero-order valence-electron chi connectivity index (χ0n) is 13.2. The standard InChI is InChI=1S/C19H15N5/c1-2-12-7-3-6-10-16(12)24-18(21)13(11-20)17-19(24)23-15-9-5-4-8-14(15)22-17/h3-10H,2,21H2,1H3. The van der Waals surface area contributed by atoms with Gasteiger partial charge in [0.05, 0.1) is 16.7 Å². The summed E-state index contributed by atoms with van der Waals surface area (Å²) in [6.07, 6.45) is 0.859. The minimum atomic E-state index is 0.370. The summed E-state index contributed by atoms with van der Waals surface area (Å²) in [6.45, 7) is 2.09. The Morgan fingerprint density at radius 3 is 2.42 bits per heavy atom. The molecule has 2 heterocycles. The molecule has 5 heteroatoms. The molecule has 0 radical (unpaired) electrons. The maximum atomic E-state index is 9.56. The molecule has 0 unspecified atom stereocenters. The Hall–Kier alpha value is -3.39. The molecule has 2 aromatic carbocycles. The molecule has 0 aliphatic rings. The third-order valence-corrected chi connectivity index (χ3v) is 4.22. The number of nitriles is 1. The molecule has 116 valence electrons. The number of rotatable bonds is 2. The lowest BCUT2D eigenvalue weighted by Gasteiger charge is -2.11. The number of benzene rings is 2. The monoisotopic (exact) mass is 313 g/mol. The third kappa shape index (κ3) is 1.94. The Labute approximate surface area is 139 Å². The van der Waals surface area contributed by atoms with Crippen LogP contribution in [0.4, 0.5) is 5.82 Å². The Morgan fingerprint density at radius 2 is 1.71 bits per heavy atom. The van der Waals surface area contributed by atoms with Gasteiger partial charge in [0.1, 0.15) is 23.0 Å². The molecule has 0 aliphatic carbocycles. The van der Waals surface area contributed by atoms with Crippen LogP contribution >= 0.6 is 0 Å². The van der Waals surface area contributed by atoms with Crippen molar-refractivity contribution in [1.82, 2.24) is 14.5 Å². The lowest BCUT2D eigenvalue weighted by atomic mass is 10.1. The van der Waals surface area contributed by atoms with Crippen LogP contribution in [-0.2, 0) is 6.42 Å². The highest BCUT2D eigenvalue weighted by Gasteiger charge is 2.20. The van der Waals surface area contributed by atoms with E-state index in [1.165, 1.54) is 0 Å². The summed E-state index contributed by atoms with van der Waals surface area (Å²) >= 11 is 0. The first-order chi connectivity index (χ1) is 11.7. The van der Waals surface area contributed by atoms with Crippen molar-refractivity contribution in [2.75, 3.05) is 5.73 Å². The van der Waals surface area contributed by atoms with Gasteiger partial charge in [-0.15, -0.1) is 0 Å². The zero-order valence-corrected chi connectivity index (χ0v) is 13.2. The number of nitrogens with zero attached hydrogens (tertiary/aromatic N) is 4. The van der Waals surface area contributed by atoms with E-state index in [0.717, 1.165) is 28.7 Å². The molecule has 2 N–H and O–H groups in total. The topological polar surface area (TPSA) is 80.5 Å². The zero-order chi connectivity index (χ0) is 16.7. The second kappa shape index (κ2) is 5.36. The van der Waals surface area contributed by atoms with E-state index in [9.17, 15) is 5.26 Å². The number of anilines is 1. The largest absolute Gasteiger partial charge is 0.384 e. The van der Waals surface area contributed by atoms with E-state index in [4.69, 9.17) is 10.7 Å². The smallest absolute Gasteiger partial charge is 0.167 e. The molecule has 24 heavy (non-hydrogen) atoms. The van der Waals surface area contributed by atoms with Crippen molar-refractivity contribution in [3.8, 4) is 11.8 Å². The number of aryl methyl sites for hydroxylation is 1. The SMILES string of the molecule is CCc1ccccc1-n1c(N)c(C#N)c2nc3ccccc3nc21. The highest BCUT2D eigenvalue weighted by molar-refractivity contribution is 5.93. The lowest BCUT2D eigenvalue weighted by molar-refractivity contribution is 1.04. The van der Waals surface area contributed by atoms with Gasteiger partial charge >= 0.3 is 0 Å². The quantitative estimate of drug-likeness (QED) is 0.613. The summed E-state index contributed by atoms with van der Waals surface area (Å²) < 4.78 is 1.84. The van der Waals surface area contributed by atoms with Crippen LogP contribution in [0.15, 0.2) is 48.5 Å². The molecule has 0 atom stereocenters. The summed E-state index contributed by atoms with van der Waals surface area (Å²) in [5.74, 6) is 0.378. The van der Waals surface area contributed by atoms with Crippen molar-refractivity contribution < 1.29 is 0 Å². The molecule has 0 saturated carbocycles. The molecular weight excluding hydrogens is 298 g/mol. The van der Waals surface area contributed by atoms with E-state index in [-0.39, 0.29) is 0 Å². The number of hydrogen-bond donors (Lipinski definition) is 1. The number of hydrogen-bond acceptors (Lipinski definition) is 4. The van der Waals surface area contributed by atoms with Crippen molar-refractivity contribution in [2.24, 2.45) is 0 Å². The van der Waals surface area contributed by atoms with E-state index in [0.29, 0.717) is 22.5 Å². The summed E-state index contributed by atoms with van der Waals surface area (Å²) in [4.78, 5) is 9.35. The highest BCUT2D eigenvalue weighted by atomic mass is 15.1. The second-order valence-electron chi connectivity index (χ2n) is 5.57. The van der Waals surface area contributed by atoms with Crippen molar-refractivity contribution in [1.29, 1.82) is 5.26 Å². The number of nitrogen functional groups attached to an aromatic ring is 1. The van der Waals surface area contributed by atoms with Gasteiger partial charge in [0.15, 0.2) is 5.65 Å². The van der Waals surface area contributed by atoms with E-state index in [1.54, 1.807) is 0 Å². The summed E-state index contributed by atoms with van der Waals surface area (Å²) in [5, 5.41) is 9.56. The molecule has 0 aliphatic heterocycles. The van der Waals surface area contributed by atoms with E-state index in [1.807, 2.05) is 47.0 Å². The first-order valence-electron chi connectivity index (χ1n) is 7.79. The third-order valence-electron chi connectivity index (χ3n) is 4.22. The van der Waals surface area contributed by atoms with Crippen LogP contribution in [0.2, 0.25) is 0 Å². The summed E-state index contributed by atoms with van der Waals surface area (Å²) in [5.41, 5.74) is 11.4. The maximum absolute atomic E-state index is 9.56. The van der Waals surface area contributed by atoms with E-state index in [2.05, 4.69) is 24.0 Å². The summed E-state index contributed by atoms with van der Waals surface area (Å²) in [7, 11) is 0. The number of nitrogens with two attached hydrogens (primary N) is 1. The van der Waals surface area contributed by atoms with Crippen molar-refractivity contribution in [3.05, 3.63) is 59.7 Å². The van der Waals surface area contributed by atoms with Gasteiger partial charge in [-0.3, -0.25) is 4.57 Å². The van der Waals surface area contributed by atoms with Gasteiger partial charge in [0.25, 0.3) is 0 Å². The van der Waals surface area contributed by atoms with Gasteiger partial charge in [-0.2, -0.15) is 5.26 Å². The minimum Gasteiger partial charge on any atom is -0.384 e. The van der Waals surface area contributed by atoms with Crippen molar-refractivity contribution >= 4 is 28.0 Å². The van der Waals surface area contributed by atoms with Gasteiger partial charge < -0.3 is 5.73 Å². The second-order valence-corrected chi connectivity index (χ2v) is 5.57. The minimum absolute atomic E-state index is 0.370. The molecule has 0 spiro atoms. The van der Waals surface area contributed by atoms with Crippen LogP contribution in [0, 0.1) is 11.3 Å². The van der Waals surface area contributed by atoms with E-state index >= 15 is 0 Å². The number of fused-ring (bicyclic) bond motifs is 2. The fourth-order valence-corrected chi connectivity index (χ4v) is 3.04. The Kier molecular flexibility index (Phi) is 3.17. The molecule has 0 bridgehead atoms. The van der Waals surface area contributed by atoms with Crippen LogP contribution in [0.1, 0.15) is 18.1 Å². The molecule has 4 rings (SSSR count). The first kappa shape index (κ1) is 14.2. The average molecular weight is 313 g/mol. The van der Waals surface area contributed by atoms with Crippen LogP contribution in [0.3, 0.4) is 0 Å². The van der Waals surface area contributed by atoms with Crippen LogP contribution in [-0.4, -0.2) is 14.5 Å². The van der Waals surface area contributed by atoms with Crippen LogP contribution < -0.4 is 5.73 Å². The van der Waals surface area contributed by atoms with Crippen molar-refractivity contribution in [2.45, 2.75) is 13.3 Å². The van der Waals surface area contributed by atoms with Gasteiger partial charge in [-0.25, -0.2) is 9.97 Å².